The molecule has 0 atom stereocenters. The van der Waals surface area contributed by atoms with E-state index >= 15 is 0 Å². The molecule has 0 aromatic heterocycles. The van der Waals surface area contributed by atoms with Gasteiger partial charge < -0.3 is 15.4 Å². The Bertz CT molecular complexity index is 727. The van der Waals surface area contributed by atoms with Crippen molar-refractivity contribution < 1.29 is 13.9 Å². The zero-order valence-corrected chi connectivity index (χ0v) is 15.3. The van der Waals surface area contributed by atoms with Gasteiger partial charge in [0, 0.05) is 17.8 Å². The lowest BCUT2D eigenvalue weighted by atomic mass is 10.1. The Labute approximate surface area is 152 Å². The Morgan fingerprint density at radius 3 is 2.44 bits per heavy atom. The van der Waals surface area contributed by atoms with E-state index in [2.05, 4.69) is 10.6 Å². The third-order valence-electron chi connectivity index (χ3n) is 3.22. The van der Waals surface area contributed by atoms with Crippen LogP contribution in [0.3, 0.4) is 0 Å². The molecular weight excluding hydrogens is 343 g/mol. The number of nitrogens with one attached hydrogen (secondary N) is 2. The van der Waals surface area contributed by atoms with Crippen molar-refractivity contribution >= 4 is 23.2 Å². The fourth-order valence-electron chi connectivity index (χ4n) is 2.12. The molecule has 4 nitrogen and oxygen atoms in total. The fraction of sp³-hybridized carbons (Fsp3) is 0.316. The third-order valence-corrected chi connectivity index (χ3v) is 3.51. The summed E-state index contributed by atoms with van der Waals surface area (Å²) in [4.78, 5) is 11.7. The largest absolute Gasteiger partial charge is 0.484 e. The maximum Gasteiger partial charge on any atom is 0.258 e. The lowest BCUT2D eigenvalue weighted by molar-refractivity contribution is -0.124. The van der Waals surface area contributed by atoms with E-state index in [0.29, 0.717) is 12.3 Å². The summed E-state index contributed by atoms with van der Waals surface area (Å²) in [5.41, 5.74) is 1.48. The molecule has 1 amide bonds. The molecule has 0 heterocycles. The van der Waals surface area contributed by atoms with Crippen molar-refractivity contribution in [2.24, 2.45) is 0 Å². The van der Waals surface area contributed by atoms with Gasteiger partial charge in [-0.3, -0.25) is 4.79 Å². The van der Waals surface area contributed by atoms with Gasteiger partial charge >= 0.3 is 0 Å². The first-order chi connectivity index (χ1) is 11.7. The van der Waals surface area contributed by atoms with E-state index in [9.17, 15) is 9.18 Å². The number of halogens is 2. The van der Waals surface area contributed by atoms with Gasteiger partial charge in [-0.25, -0.2) is 4.39 Å². The van der Waals surface area contributed by atoms with Crippen LogP contribution in [0, 0.1) is 5.82 Å². The molecule has 0 bridgehead atoms. The van der Waals surface area contributed by atoms with E-state index in [1.807, 2.05) is 32.9 Å². The van der Waals surface area contributed by atoms with Crippen molar-refractivity contribution in [2.45, 2.75) is 32.9 Å². The number of carbonyl (C=O) groups excluding carboxylic acids is 1. The Kier molecular flexibility index (Phi) is 6.26. The van der Waals surface area contributed by atoms with Gasteiger partial charge in [0.15, 0.2) is 6.61 Å². The first-order valence-electron chi connectivity index (χ1n) is 7.94. The molecule has 2 aromatic carbocycles. The maximum atomic E-state index is 13.1. The molecule has 134 valence electrons. The lowest BCUT2D eigenvalue weighted by Crippen LogP contribution is -2.43. The van der Waals surface area contributed by atoms with E-state index in [0.717, 1.165) is 11.3 Å². The summed E-state index contributed by atoms with van der Waals surface area (Å²) in [6.07, 6.45) is 0. The Morgan fingerprint density at radius 2 is 1.84 bits per heavy atom. The molecule has 0 aliphatic heterocycles. The molecule has 0 aliphatic carbocycles. The number of anilines is 1. The van der Waals surface area contributed by atoms with Crippen molar-refractivity contribution in [3.63, 3.8) is 0 Å². The van der Waals surface area contributed by atoms with Crippen molar-refractivity contribution in [3.8, 4) is 5.75 Å². The van der Waals surface area contributed by atoms with Crippen LogP contribution in [-0.2, 0) is 11.3 Å². The predicted molar refractivity (Wildman–Crippen MR) is 98.6 cm³/mol. The number of carbonyl (C=O) groups is 1. The highest BCUT2D eigenvalue weighted by Crippen LogP contribution is 2.20. The molecule has 0 saturated heterocycles. The standard InChI is InChI=1S/C19H22ClFN2O2/c1-19(2,3)23-18(24)12-25-15-7-4-13(5-8-15)11-22-14-6-9-17(21)16(20)10-14/h4-10,22H,11-12H2,1-3H3,(H,23,24). The number of ether oxygens (including phenoxy) is 1. The molecule has 2 aromatic rings. The normalized spacial score (nSPS) is 11.1. The summed E-state index contributed by atoms with van der Waals surface area (Å²) in [5, 5.41) is 6.09. The number of benzene rings is 2. The quantitative estimate of drug-likeness (QED) is 0.799. The average Bonchev–Trinajstić information content (AvgIpc) is 2.53. The van der Waals surface area contributed by atoms with E-state index in [1.54, 1.807) is 24.3 Å². The number of rotatable bonds is 6. The minimum Gasteiger partial charge on any atom is -0.484 e. The Balaban J connectivity index is 1.83. The van der Waals surface area contributed by atoms with Crippen molar-refractivity contribution in [2.75, 3.05) is 11.9 Å². The number of amides is 1. The van der Waals surface area contributed by atoms with Gasteiger partial charge in [0.05, 0.1) is 5.02 Å². The summed E-state index contributed by atoms with van der Waals surface area (Å²) in [7, 11) is 0. The fourth-order valence-corrected chi connectivity index (χ4v) is 2.30. The summed E-state index contributed by atoms with van der Waals surface area (Å²) < 4.78 is 18.6. The maximum absolute atomic E-state index is 13.1. The second kappa shape index (κ2) is 8.21. The summed E-state index contributed by atoms with van der Waals surface area (Å²) in [6.45, 7) is 6.29. The Hall–Kier alpha value is -2.27. The molecule has 25 heavy (non-hydrogen) atoms. The van der Waals surface area contributed by atoms with Crippen LogP contribution in [-0.4, -0.2) is 18.1 Å². The molecular formula is C19H22ClFN2O2. The molecule has 0 unspecified atom stereocenters. The Morgan fingerprint density at radius 1 is 1.16 bits per heavy atom. The zero-order valence-electron chi connectivity index (χ0n) is 14.5. The van der Waals surface area contributed by atoms with Gasteiger partial charge in [0.1, 0.15) is 11.6 Å². The van der Waals surface area contributed by atoms with Crippen LogP contribution in [0.25, 0.3) is 0 Å². The summed E-state index contributed by atoms with van der Waals surface area (Å²) in [5.74, 6) is 0.0216. The topological polar surface area (TPSA) is 50.4 Å². The number of hydrogen-bond donors (Lipinski definition) is 2. The van der Waals surface area contributed by atoms with E-state index in [4.69, 9.17) is 16.3 Å². The SMILES string of the molecule is CC(C)(C)NC(=O)COc1ccc(CNc2ccc(F)c(Cl)c2)cc1. The van der Waals surface area contributed by atoms with Crippen LogP contribution in [0.5, 0.6) is 5.75 Å². The van der Waals surface area contributed by atoms with Gasteiger partial charge in [-0.05, 0) is 56.7 Å². The van der Waals surface area contributed by atoms with Gasteiger partial charge in [0.2, 0.25) is 0 Å². The molecule has 0 radical (unpaired) electrons. The predicted octanol–water partition coefficient (Wildman–Crippen LogP) is 4.38. The van der Waals surface area contributed by atoms with Crippen LogP contribution in [0.2, 0.25) is 5.02 Å². The van der Waals surface area contributed by atoms with Gasteiger partial charge in [0.25, 0.3) is 5.91 Å². The molecule has 6 heteroatoms. The first-order valence-corrected chi connectivity index (χ1v) is 8.32. The zero-order chi connectivity index (χ0) is 18.4. The number of hydrogen-bond acceptors (Lipinski definition) is 3. The van der Waals surface area contributed by atoms with Gasteiger partial charge in [-0.15, -0.1) is 0 Å². The highest BCUT2D eigenvalue weighted by molar-refractivity contribution is 6.31. The van der Waals surface area contributed by atoms with Crippen LogP contribution in [0.1, 0.15) is 26.3 Å². The molecule has 0 saturated carbocycles. The monoisotopic (exact) mass is 364 g/mol. The van der Waals surface area contributed by atoms with Gasteiger partial charge in [-0.1, -0.05) is 23.7 Å². The third kappa shape index (κ3) is 6.63. The molecule has 0 fully saturated rings. The second-order valence-electron chi connectivity index (χ2n) is 6.71. The minimum atomic E-state index is -0.441. The lowest BCUT2D eigenvalue weighted by Gasteiger charge is -2.20. The first kappa shape index (κ1) is 19.1. The molecule has 0 spiro atoms. The highest BCUT2D eigenvalue weighted by atomic mass is 35.5. The van der Waals surface area contributed by atoms with Crippen LogP contribution < -0.4 is 15.4 Å². The van der Waals surface area contributed by atoms with E-state index in [-0.39, 0.29) is 23.1 Å². The molecule has 2 rings (SSSR count). The molecule has 0 aliphatic rings. The van der Waals surface area contributed by atoms with Gasteiger partial charge in [-0.2, -0.15) is 0 Å². The van der Waals surface area contributed by atoms with Crippen LogP contribution in [0.4, 0.5) is 10.1 Å². The van der Waals surface area contributed by atoms with Crippen molar-refractivity contribution in [3.05, 3.63) is 58.9 Å². The van der Waals surface area contributed by atoms with Crippen molar-refractivity contribution in [1.82, 2.24) is 5.32 Å². The smallest absolute Gasteiger partial charge is 0.258 e. The van der Waals surface area contributed by atoms with E-state index < -0.39 is 5.82 Å². The average molecular weight is 365 g/mol. The summed E-state index contributed by atoms with van der Waals surface area (Å²) in [6, 6.07) is 11.9. The summed E-state index contributed by atoms with van der Waals surface area (Å²) >= 11 is 5.75. The van der Waals surface area contributed by atoms with Crippen LogP contribution >= 0.6 is 11.6 Å². The highest BCUT2D eigenvalue weighted by Gasteiger charge is 2.13. The van der Waals surface area contributed by atoms with E-state index in [1.165, 1.54) is 6.07 Å². The van der Waals surface area contributed by atoms with Crippen LogP contribution in [0.15, 0.2) is 42.5 Å². The van der Waals surface area contributed by atoms with Crippen molar-refractivity contribution in [1.29, 1.82) is 0 Å². The molecule has 2 N–H and O–H groups in total. The minimum absolute atomic E-state index is 0.0249. The second-order valence-corrected chi connectivity index (χ2v) is 7.12.